The van der Waals surface area contributed by atoms with Gasteiger partial charge in [-0.2, -0.15) is 0 Å². The Hall–Kier alpha value is -0.570. The highest BCUT2D eigenvalue weighted by Crippen LogP contribution is 2.52. The highest BCUT2D eigenvalue weighted by atomic mass is 16.2. The van der Waals surface area contributed by atoms with Crippen molar-refractivity contribution in [1.29, 1.82) is 0 Å². The summed E-state index contributed by atoms with van der Waals surface area (Å²) >= 11 is 0. The molecular formula is C17H30N2O. The number of nitrogens with one attached hydrogen (secondary N) is 1. The molecule has 1 N–H and O–H groups in total. The van der Waals surface area contributed by atoms with E-state index in [2.05, 4.69) is 37.9 Å². The molecule has 1 aliphatic carbocycles. The third-order valence-electron chi connectivity index (χ3n) is 5.77. The number of carbonyl (C=O) groups is 1. The van der Waals surface area contributed by atoms with E-state index in [0.717, 1.165) is 19.5 Å². The van der Waals surface area contributed by atoms with Gasteiger partial charge in [-0.25, -0.2) is 0 Å². The average Bonchev–Trinajstić information content (AvgIpc) is 2.58. The summed E-state index contributed by atoms with van der Waals surface area (Å²) in [6.07, 6.45) is 7.01. The van der Waals surface area contributed by atoms with Crippen LogP contribution in [-0.4, -0.2) is 35.5 Å². The first-order valence-corrected chi connectivity index (χ1v) is 8.29. The van der Waals surface area contributed by atoms with E-state index in [1.807, 2.05) is 0 Å². The van der Waals surface area contributed by atoms with E-state index >= 15 is 0 Å². The van der Waals surface area contributed by atoms with Gasteiger partial charge in [0.15, 0.2) is 0 Å². The molecule has 20 heavy (non-hydrogen) atoms. The van der Waals surface area contributed by atoms with E-state index in [4.69, 9.17) is 0 Å². The molecule has 3 fully saturated rings. The van der Waals surface area contributed by atoms with Crippen molar-refractivity contribution in [3.05, 3.63) is 0 Å². The molecule has 3 unspecified atom stereocenters. The molecule has 1 saturated carbocycles. The van der Waals surface area contributed by atoms with Gasteiger partial charge in [-0.05, 0) is 62.8 Å². The molecule has 0 aromatic heterocycles. The zero-order valence-corrected chi connectivity index (χ0v) is 13.6. The van der Waals surface area contributed by atoms with E-state index in [0.29, 0.717) is 22.8 Å². The van der Waals surface area contributed by atoms with Crippen molar-refractivity contribution in [2.45, 2.75) is 77.8 Å². The van der Waals surface area contributed by atoms with Crippen LogP contribution in [0, 0.1) is 10.8 Å². The Labute approximate surface area is 123 Å². The fourth-order valence-electron chi connectivity index (χ4n) is 5.25. The van der Waals surface area contributed by atoms with Crippen molar-refractivity contribution in [2.24, 2.45) is 10.8 Å². The van der Waals surface area contributed by atoms with E-state index in [1.54, 1.807) is 0 Å². The van der Waals surface area contributed by atoms with E-state index in [-0.39, 0.29) is 5.54 Å². The van der Waals surface area contributed by atoms with Gasteiger partial charge in [0.2, 0.25) is 5.91 Å². The second-order valence-electron chi connectivity index (χ2n) is 8.86. The summed E-state index contributed by atoms with van der Waals surface area (Å²) in [4.78, 5) is 15.3. The van der Waals surface area contributed by atoms with E-state index in [1.165, 1.54) is 32.1 Å². The predicted octanol–water partition coefficient (Wildman–Crippen LogP) is 2.95. The third kappa shape index (κ3) is 2.38. The Balaban J connectivity index is 1.80. The Bertz CT molecular complexity index is 411. The average molecular weight is 278 g/mol. The summed E-state index contributed by atoms with van der Waals surface area (Å²) in [5, 5.41) is 3.49. The second-order valence-corrected chi connectivity index (χ2v) is 8.86. The van der Waals surface area contributed by atoms with Crippen LogP contribution in [0.2, 0.25) is 0 Å². The van der Waals surface area contributed by atoms with Crippen molar-refractivity contribution in [3.63, 3.8) is 0 Å². The standard InChI is InChI=1S/C17H30N2O/c1-15(2)9-13-10-16(3,11-15)12-19(13)14(20)17(4)7-5-6-8-18-17/h13,18H,5-12H2,1-4H3. The molecule has 1 amide bonds. The predicted molar refractivity (Wildman–Crippen MR) is 81.5 cm³/mol. The Morgan fingerprint density at radius 1 is 1.15 bits per heavy atom. The molecule has 2 aliphatic heterocycles. The molecule has 0 spiro atoms. The number of amides is 1. The van der Waals surface area contributed by atoms with Crippen molar-refractivity contribution in [2.75, 3.05) is 13.1 Å². The molecule has 3 aliphatic rings. The Morgan fingerprint density at radius 3 is 2.55 bits per heavy atom. The zero-order chi connectivity index (χ0) is 14.6. The highest BCUT2D eigenvalue weighted by molar-refractivity contribution is 5.86. The summed E-state index contributed by atoms with van der Waals surface area (Å²) in [5.41, 5.74) is 0.414. The molecule has 114 valence electrons. The number of carbonyl (C=O) groups excluding carboxylic acids is 1. The fourth-order valence-corrected chi connectivity index (χ4v) is 5.25. The maximum absolute atomic E-state index is 13.1. The van der Waals surface area contributed by atoms with Crippen molar-refractivity contribution in [1.82, 2.24) is 10.2 Å². The summed E-state index contributed by atoms with van der Waals surface area (Å²) in [7, 11) is 0. The molecule has 3 nitrogen and oxygen atoms in total. The minimum absolute atomic E-state index is 0.309. The maximum Gasteiger partial charge on any atom is 0.242 e. The highest BCUT2D eigenvalue weighted by Gasteiger charge is 2.53. The van der Waals surface area contributed by atoms with Crippen LogP contribution in [0.4, 0.5) is 0 Å². The van der Waals surface area contributed by atoms with Crippen LogP contribution in [0.1, 0.15) is 66.2 Å². The number of rotatable bonds is 1. The van der Waals surface area contributed by atoms with Gasteiger partial charge in [0, 0.05) is 12.6 Å². The van der Waals surface area contributed by atoms with Gasteiger partial charge in [0.25, 0.3) is 0 Å². The van der Waals surface area contributed by atoms with Crippen LogP contribution in [0.25, 0.3) is 0 Å². The van der Waals surface area contributed by atoms with Crippen LogP contribution in [0.15, 0.2) is 0 Å². The van der Waals surface area contributed by atoms with Gasteiger partial charge in [-0.1, -0.05) is 20.8 Å². The molecule has 0 aromatic rings. The van der Waals surface area contributed by atoms with E-state index < -0.39 is 0 Å². The maximum atomic E-state index is 13.1. The smallest absolute Gasteiger partial charge is 0.242 e. The normalized spacial score (nSPS) is 43.6. The first kappa shape index (κ1) is 14.4. The van der Waals surface area contributed by atoms with Gasteiger partial charge in [-0.15, -0.1) is 0 Å². The molecule has 2 bridgehead atoms. The van der Waals surface area contributed by atoms with Gasteiger partial charge in [0.05, 0.1) is 5.54 Å². The number of nitrogens with zero attached hydrogens (tertiary/aromatic N) is 1. The topological polar surface area (TPSA) is 32.3 Å². The van der Waals surface area contributed by atoms with Gasteiger partial charge >= 0.3 is 0 Å². The fraction of sp³-hybridized carbons (Fsp3) is 0.941. The molecule has 0 aromatic carbocycles. The molecule has 3 rings (SSSR count). The first-order chi connectivity index (χ1) is 9.23. The number of piperidine rings is 1. The summed E-state index contributed by atoms with van der Waals surface area (Å²) in [6, 6.07) is 0.469. The molecule has 2 saturated heterocycles. The van der Waals surface area contributed by atoms with Crippen LogP contribution in [-0.2, 0) is 4.79 Å². The molecule has 3 heteroatoms. The van der Waals surface area contributed by atoms with Crippen LogP contribution in [0.5, 0.6) is 0 Å². The molecule has 3 atom stereocenters. The zero-order valence-electron chi connectivity index (χ0n) is 13.6. The number of hydrogen-bond donors (Lipinski definition) is 1. The summed E-state index contributed by atoms with van der Waals surface area (Å²) in [5.74, 6) is 0.364. The SMILES string of the molecule is CC1(C)CC2CC(C)(CN2C(=O)C2(C)CCCCN2)C1. The lowest BCUT2D eigenvalue weighted by molar-refractivity contribution is -0.140. The summed E-state index contributed by atoms with van der Waals surface area (Å²) in [6.45, 7) is 11.2. The summed E-state index contributed by atoms with van der Waals surface area (Å²) < 4.78 is 0. The first-order valence-electron chi connectivity index (χ1n) is 8.29. The van der Waals surface area contributed by atoms with Crippen molar-refractivity contribution >= 4 is 5.91 Å². The molecule has 2 heterocycles. The lowest BCUT2D eigenvalue weighted by Gasteiger charge is -2.41. The Kier molecular flexibility index (Phi) is 3.20. The minimum Gasteiger partial charge on any atom is -0.338 e. The second kappa shape index (κ2) is 4.46. The number of fused-ring (bicyclic) bond motifs is 2. The quantitative estimate of drug-likeness (QED) is 0.800. The van der Waals surface area contributed by atoms with Crippen molar-refractivity contribution < 1.29 is 4.79 Å². The monoisotopic (exact) mass is 278 g/mol. The molecule has 0 radical (unpaired) electrons. The van der Waals surface area contributed by atoms with Crippen LogP contribution in [0.3, 0.4) is 0 Å². The number of hydrogen-bond acceptors (Lipinski definition) is 2. The third-order valence-corrected chi connectivity index (χ3v) is 5.77. The van der Waals surface area contributed by atoms with Crippen LogP contribution < -0.4 is 5.32 Å². The largest absolute Gasteiger partial charge is 0.338 e. The van der Waals surface area contributed by atoms with E-state index in [9.17, 15) is 4.79 Å². The lowest BCUT2D eigenvalue weighted by Crippen LogP contribution is -2.59. The Morgan fingerprint density at radius 2 is 1.90 bits per heavy atom. The van der Waals surface area contributed by atoms with Gasteiger partial charge < -0.3 is 10.2 Å². The van der Waals surface area contributed by atoms with Crippen LogP contribution >= 0.6 is 0 Å². The van der Waals surface area contributed by atoms with Gasteiger partial charge in [-0.3, -0.25) is 4.79 Å². The minimum atomic E-state index is -0.309. The number of likely N-dealkylation sites (tertiary alicyclic amines) is 1. The lowest BCUT2D eigenvalue weighted by atomic mass is 9.65. The van der Waals surface area contributed by atoms with Gasteiger partial charge in [0.1, 0.15) is 0 Å². The molecular weight excluding hydrogens is 248 g/mol. The van der Waals surface area contributed by atoms with Crippen molar-refractivity contribution in [3.8, 4) is 0 Å².